The monoisotopic (exact) mass is 553 g/mol. The molecule has 5 rings (SSSR count). The minimum atomic E-state index is -1.54. The van der Waals surface area contributed by atoms with Crippen LogP contribution in [0, 0.1) is 0 Å². The molecule has 37 heavy (non-hydrogen) atoms. The number of carbonyl (C=O) groups excluding carboxylic acids is 2. The Balaban J connectivity index is 1.43. The zero-order chi connectivity index (χ0) is 26.2. The number of β-lactam (4-membered cyclic amide) rings is 1. The highest BCUT2D eigenvalue weighted by Crippen LogP contribution is 2.63. The first-order chi connectivity index (χ1) is 17.8. The van der Waals surface area contributed by atoms with E-state index >= 15 is 0 Å². The molecule has 2 saturated heterocycles. The summed E-state index contributed by atoms with van der Waals surface area (Å²) in [6.45, 7) is 3.79. The lowest BCUT2D eigenvalue weighted by atomic mass is 9.66. The zero-order valence-corrected chi connectivity index (χ0v) is 22.9. The van der Waals surface area contributed by atoms with Crippen LogP contribution in [0.1, 0.15) is 35.8 Å². The van der Waals surface area contributed by atoms with Crippen LogP contribution in [-0.4, -0.2) is 54.7 Å². The molecule has 1 amide bonds. The van der Waals surface area contributed by atoms with E-state index in [1.165, 1.54) is 28.0 Å². The molecule has 2 aromatic carbocycles. The largest absolute Gasteiger partial charge is 0.479 e. The van der Waals surface area contributed by atoms with Crippen LogP contribution in [0.25, 0.3) is 0 Å². The molecule has 2 aliphatic rings. The Morgan fingerprint density at radius 2 is 1.65 bits per heavy atom. The second-order valence-corrected chi connectivity index (χ2v) is 13.3. The van der Waals surface area contributed by atoms with Crippen LogP contribution in [-0.2, 0) is 25.5 Å². The molecule has 0 radical (unpaired) electrons. The molecule has 192 valence electrons. The van der Waals surface area contributed by atoms with Crippen molar-refractivity contribution < 1.29 is 24.2 Å². The molecule has 0 bridgehead atoms. The molecule has 3 aromatic rings. The molecule has 9 heteroatoms. The summed E-state index contributed by atoms with van der Waals surface area (Å²) in [7, 11) is 0. The normalized spacial score (nSPS) is 24.1. The van der Waals surface area contributed by atoms with Crippen molar-refractivity contribution in [2.24, 2.45) is 0 Å². The van der Waals surface area contributed by atoms with Gasteiger partial charge in [0, 0.05) is 15.5 Å². The summed E-state index contributed by atoms with van der Waals surface area (Å²) in [4.78, 5) is 41.7. The number of thiophene rings is 1. The van der Waals surface area contributed by atoms with Gasteiger partial charge in [-0.2, -0.15) is 0 Å². The van der Waals surface area contributed by atoms with Gasteiger partial charge >= 0.3 is 5.97 Å². The van der Waals surface area contributed by atoms with Gasteiger partial charge < -0.3 is 14.7 Å². The topological polar surface area (TPSA) is 83.9 Å². The summed E-state index contributed by atoms with van der Waals surface area (Å²) in [5.74, 6) is -1.94. The number of nitrogens with zero attached hydrogens (tertiary/aromatic N) is 1. The number of aliphatic carboxylic acids is 1. The Labute approximate surface area is 228 Å². The SMILES string of the molecule is CC1(C)S[C@@H]2[C@H](OCSC(=O)Cc3cccs3)C(=O)N2[C@]1(C(=O)O)C(c1ccccc1)c1ccccc1. The van der Waals surface area contributed by atoms with Crippen LogP contribution < -0.4 is 0 Å². The predicted octanol–water partition coefficient (Wildman–Crippen LogP) is 5.24. The van der Waals surface area contributed by atoms with E-state index in [4.69, 9.17) is 4.74 Å². The van der Waals surface area contributed by atoms with Crippen LogP contribution in [0.5, 0.6) is 0 Å². The van der Waals surface area contributed by atoms with E-state index in [-0.39, 0.29) is 17.0 Å². The standard InChI is InChI=1S/C28H27NO5S3/c1-27(2)28(26(32)33,22(18-10-5-3-6-11-18)19-12-7-4-8-13-19)29-24(31)23(25(29)37-27)34-17-36-21(30)16-20-14-9-15-35-20/h3-15,22-23,25H,16-17H2,1-2H3,(H,32,33)/t23-,25-,28+/m1/s1. The number of carboxylic acid groups (broad SMARTS) is 1. The van der Waals surface area contributed by atoms with Crippen LogP contribution in [0.4, 0.5) is 0 Å². The number of benzene rings is 2. The molecule has 6 nitrogen and oxygen atoms in total. The van der Waals surface area contributed by atoms with Crippen molar-refractivity contribution in [1.82, 2.24) is 4.90 Å². The van der Waals surface area contributed by atoms with E-state index in [0.29, 0.717) is 6.42 Å². The lowest BCUT2D eigenvalue weighted by molar-refractivity contribution is -0.185. The second kappa shape index (κ2) is 10.3. The van der Waals surface area contributed by atoms with E-state index in [9.17, 15) is 19.5 Å². The smallest absolute Gasteiger partial charge is 0.332 e. The Hall–Kier alpha value is -2.59. The van der Waals surface area contributed by atoms with Gasteiger partial charge in [0.15, 0.2) is 16.8 Å². The molecule has 1 aromatic heterocycles. The number of fused-ring (bicyclic) bond motifs is 1. The lowest BCUT2D eigenvalue weighted by Gasteiger charge is -2.52. The zero-order valence-electron chi connectivity index (χ0n) is 20.4. The molecule has 1 N–H and O–H groups in total. The van der Waals surface area contributed by atoms with Gasteiger partial charge in [-0.25, -0.2) is 4.79 Å². The number of thioether (sulfide) groups is 2. The highest BCUT2D eigenvalue weighted by Gasteiger charge is 2.75. The summed E-state index contributed by atoms with van der Waals surface area (Å²) in [5, 5.41) is 12.3. The Morgan fingerprint density at radius 3 is 2.19 bits per heavy atom. The van der Waals surface area contributed by atoms with E-state index < -0.39 is 33.7 Å². The highest BCUT2D eigenvalue weighted by atomic mass is 32.2. The van der Waals surface area contributed by atoms with Crippen LogP contribution in [0.2, 0.25) is 0 Å². The molecular weight excluding hydrogens is 527 g/mol. The maximum absolute atomic E-state index is 13.6. The first kappa shape index (κ1) is 26.0. The number of ether oxygens (including phenoxy) is 1. The van der Waals surface area contributed by atoms with Gasteiger partial charge in [-0.1, -0.05) is 78.5 Å². The van der Waals surface area contributed by atoms with Gasteiger partial charge in [-0.15, -0.1) is 23.1 Å². The quantitative estimate of drug-likeness (QED) is 0.287. The van der Waals surface area contributed by atoms with Crippen molar-refractivity contribution >= 4 is 51.9 Å². The highest BCUT2D eigenvalue weighted by molar-refractivity contribution is 8.13. The van der Waals surface area contributed by atoms with Gasteiger partial charge in [0.1, 0.15) is 11.3 Å². The van der Waals surface area contributed by atoms with Crippen molar-refractivity contribution in [3.8, 4) is 0 Å². The van der Waals surface area contributed by atoms with E-state index in [0.717, 1.165) is 27.8 Å². The van der Waals surface area contributed by atoms with Crippen molar-refractivity contribution in [2.45, 2.75) is 47.9 Å². The van der Waals surface area contributed by atoms with Crippen molar-refractivity contribution in [3.63, 3.8) is 0 Å². The fourth-order valence-electron chi connectivity index (χ4n) is 5.48. The first-order valence-corrected chi connectivity index (χ1v) is 14.7. The third kappa shape index (κ3) is 4.41. The van der Waals surface area contributed by atoms with Gasteiger partial charge in [-0.3, -0.25) is 9.59 Å². The minimum absolute atomic E-state index is 0.0291. The molecule has 0 spiro atoms. The maximum Gasteiger partial charge on any atom is 0.332 e. The summed E-state index contributed by atoms with van der Waals surface area (Å²) in [6, 6.07) is 22.9. The molecule has 0 saturated carbocycles. The fourth-order valence-corrected chi connectivity index (χ4v) is 8.66. The van der Waals surface area contributed by atoms with Crippen molar-refractivity contribution in [3.05, 3.63) is 94.2 Å². The Bertz CT molecular complexity index is 1240. The molecule has 3 heterocycles. The Morgan fingerprint density at radius 1 is 1.03 bits per heavy atom. The lowest BCUT2D eigenvalue weighted by Crippen LogP contribution is -2.74. The number of hydrogen-bond donors (Lipinski definition) is 1. The number of amides is 1. The van der Waals surface area contributed by atoms with Crippen molar-refractivity contribution in [1.29, 1.82) is 0 Å². The van der Waals surface area contributed by atoms with Crippen molar-refractivity contribution in [2.75, 3.05) is 5.94 Å². The van der Waals surface area contributed by atoms with Gasteiger partial charge in [0.2, 0.25) is 0 Å². The summed E-state index contributed by atoms with van der Waals surface area (Å²) in [6.07, 6.45) is -0.473. The summed E-state index contributed by atoms with van der Waals surface area (Å²) in [5.41, 5.74) is 0.124. The Kier molecular flexibility index (Phi) is 7.24. The molecule has 2 fully saturated rings. The van der Waals surface area contributed by atoms with Gasteiger partial charge in [-0.05, 0) is 36.4 Å². The predicted molar refractivity (Wildman–Crippen MR) is 148 cm³/mol. The average molecular weight is 554 g/mol. The fraction of sp³-hybridized carbons (Fsp3) is 0.321. The molecule has 0 aliphatic carbocycles. The third-order valence-corrected chi connectivity index (χ3v) is 10.3. The van der Waals surface area contributed by atoms with E-state index in [2.05, 4.69) is 0 Å². The van der Waals surface area contributed by atoms with Crippen LogP contribution >= 0.6 is 34.9 Å². The third-order valence-electron chi connectivity index (χ3n) is 7.08. The molecule has 2 aliphatic heterocycles. The first-order valence-electron chi connectivity index (χ1n) is 11.9. The van der Waals surface area contributed by atoms with Crippen LogP contribution in [0.3, 0.4) is 0 Å². The van der Waals surface area contributed by atoms with Gasteiger partial charge in [0.05, 0.1) is 6.42 Å². The number of carbonyl (C=O) groups is 3. The second-order valence-electron chi connectivity index (χ2n) is 9.53. The number of carboxylic acids is 1. The summed E-state index contributed by atoms with van der Waals surface area (Å²) >= 11 is 4.02. The van der Waals surface area contributed by atoms with Gasteiger partial charge in [0.25, 0.3) is 5.91 Å². The number of hydrogen-bond acceptors (Lipinski definition) is 7. The molecule has 0 unspecified atom stereocenters. The minimum Gasteiger partial charge on any atom is -0.479 e. The maximum atomic E-state index is 13.6. The summed E-state index contributed by atoms with van der Waals surface area (Å²) < 4.78 is 5.05. The van der Waals surface area contributed by atoms with E-state index in [1.807, 2.05) is 92.0 Å². The molecular formula is C28H27NO5S3. The van der Waals surface area contributed by atoms with Crippen LogP contribution in [0.15, 0.2) is 78.2 Å². The molecule has 3 atom stereocenters. The average Bonchev–Trinajstić information content (AvgIpc) is 3.46. The van der Waals surface area contributed by atoms with E-state index in [1.54, 1.807) is 0 Å². The number of rotatable bonds is 9.